The maximum Gasteiger partial charge on any atom is 0.264 e. The molecule has 0 unspecified atom stereocenters. The number of nitrogens with one attached hydrogen (secondary N) is 1. The average molecular weight is 644 g/mol. The third-order valence-corrected chi connectivity index (χ3v) is 9.41. The van der Waals surface area contributed by atoms with Crippen molar-refractivity contribution < 1.29 is 27.5 Å². The molecule has 9 nitrogen and oxygen atoms in total. The number of ether oxygens (including phenoxy) is 2. The van der Waals surface area contributed by atoms with E-state index in [4.69, 9.17) is 9.47 Å². The van der Waals surface area contributed by atoms with Crippen molar-refractivity contribution in [2.24, 2.45) is 0 Å². The van der Waals surface area contributed by atoms with Crippen molar-refractivity contribution in [3.8, 4) is 11.5 Å². The van der Waals surface area contributed by atoms with Crippen LogP contribution in [0.25, 0.3) is 0 Å². The lowest BCUT2D eigenvalue weighted by atomic mass is 10.0. The van der Waals surface area contributed by atoms with Gasteiger partial charge in [0.25, 0.3) is 10.0 Å². The number of likely N-dealkylation sites (N-methyl/N-ethyl adjacent to an activating group) is 1. The molecule has 4 rings (SSSR count). The summed E-state index contributed by atoms with van der Waals surface area (Å²) >= 11 is 0. The van der Waals surface area contributed by atoms with Crippen LogP contribution in [0.5, 0.6) is 11.5 Å². The summed E-state index contributed by atoms with van der Waals surface area (Å²) < 4.78 is 40.7. The maximum atomic E-state index is 14.6. The molecule has 0 saturated carbocycles. The first-order valence-electron chi connectivity index (χ1n) is 15.1. The van der Waals surface area contributed by atoms with E-state index in [2.05, 4.69) is 5.32 Å². The number of nitrogens with zero attached hydrogens (tertiary/aromatic N) is 2. The minimum absolute atomic E-state index is 0.00502. The SMILES string of the molecule is CCNC(=O)[C@H](Cc1ccccc1)N(Cc1ccc(C)cc1)C(=O)CN(c1cc(OC)ccc1OC)S(=O)(=O)c1ccc(C)cc1. The van der Waals surface area contributed by atoms with Crippen LogP contribution in [-0.4, -0.2) is 58.5 Å². The number of hydrogen-bond acceptors (Lipinski definition) is 6. The standard InChI is InChI=1S/C36H41N3O6S/c1-6-37-36(41)33(22-28-10-8-7-9-11-28)38(24-29-16-12-26(2)13-17-29)35(40)25-39(32-23-30(44-4)18-21-34(32)45-5)46(42,43)31-19-14-27(3)15-20-31/h7-21,23,33H,6,22,24-25H2,1-5H3,(H,37,41)/t33-/m0/s1. The summed E-state index contributed by atoms with van der Waals surface area (Å²) in [6, 6.07) is 27.4. The van der Waals surface area contributed by atoms with E-state index >= 15 is 0 Å². The minimum Gasteiger partial charge on any atom is -0.497 e. The molecule has 0 aliphatic rings. The molecule has 0 spiro atoms. The molecule has 0 aromatic heterocycles. The quantitative estimate of drug-likeness (QED) is 0.200. The van der Waals surface area contributed by atoms with E-state index in [1.807, 2.05) is 75.4 Å². The number of carbonyl (C=O) groups is 2. The predicted molar refractivity (Wildman–Crippen MR) is 180 cm³/mol. The highest BCUT2D eigenvalue weighted by atomic mass is 32.2. The van der Waals surface area contributed by atoms with Gasteiger partial charge in [-0.25, -0.2) is 8.42 Å². The van der Waals surface area contributed by atoms with Crippen LogP contribution >= 0.6 is 0 Å². The number of anilines is 1. The molecule has 0 aliphatic heterocycles. The van der Waals surface area contributed by atoms with Crippen molar-refractivity contribution in [1.82, 2.24) is 10.2 Å². The Bertz CT molecular complexity index is 1730. The Labute approximate surface area is 271 Å². The molecule has 10 heteroatoms. The Morgan fingerprint density at radius 2 is 1.43 bits per heavy atom. The summed E-state index contributed by atoms with van der Waals surface area (Å²) in [5, 5.41) is 2.87. The highest BCUT2D eigenvalue weighted by Crippen LogP contribution is 2.36. The molecule has 0 bridgehead atoms. The summed E-state index contributed by atoms with van der Waals surface area (Å²) in [5.74, 6) is -0.279. The van der Waals surface area contributed by atoms with E-state index in [0.717, 1.165) is 26.6 Å². The second kappa shape index (κ2) is 15.4. The number of methoxy groups -OCH3 is 2. The first-order valence-corrected chi connectivity index (χ1v) is 16.5. The third-order valence-electron chi connectivity index (χ3n) is 7.64. The van der Waals surface area contributed by atoms with Gasteiger partial charge in [0.2, 0.25) is 11.8 Å². The second-order valence-corrected chi connectivity index (χ2v) is 12.8. The number of amides is 2. The van der Waals surface area contributed by atoms with E-state index < -0.39 is 28.5 Å². The van der Waals surface area contributed by atoms with Crippen LogP contribution in [0.15, 0.2) is 102 Å². The molecule has 4 aromatic carbocycles. The van der Waals surface area contributed by atoms with Crippen molar-refractivity contribution >= 4 is 27.5 Å². The van der Waals surface area contributed by atoms with Gasteiger partial charge in [0.1, 0.15) is 24.1 Å². The lowest BCUT2D eigenvalue weighted by Gasteiger charge is -2.34. The first-order chi connectivity index (χ1) is 22.1. The highest BCUT2D eigenvalue weighted by Gasteiger charge is 2.35. The van der Waals surface area contributed by atoms with E-state index in [9.17, 15) is 18.0 Å². The van der Waals surface area contributed by atoms with E-state index in [-0.39, 0.29) is 35.2 Å². The monoisotopic (exact) mass is 643 g/mol. The van der Waals surface area contributed by atoms with Gasteiger partial charge < -0.3 is 19.7 Å². The molecule has 0 heterocycles. The van der Waals surface area contributed by atoms with Crippen LogP contribution in [0.4, 0.5) is 5.69 Å². The summed E-state index contributed by atoms with van der Waals surface area (Å²) in [4.78, 5) is 29.7. The third kappa shape index (κ3) is 8.25. The molecule has 1 atom stereocenters. The maximum absolute atomic E-state index is 14.6. The van der Waals surface area contributed by atoms with Crippen molar-refractivity contribution in [3.05, 3.63) is 119 Å². The van der Waals surface area contributed by atoms with E-state index in [0.29, 0.717) is 12.3 Å². The highest BCUT2D eigenvalue weighted by molar-refractivity contribution is 7.92. The van der Waals surface area contributed by atoms with Crippen LogP contribution in [0.2, 0.25) is 0 Å². The van der Waals surface area contributed by atoms with Crippen molar-refractivity contribution in [3.63, 3.8) is 0 Å². The molecule has 0 radical (unpaired) electrons. The number of sulfonamides is 1. The number of hydrogen-bond donors (Lipinski definition) is 1. The molecule has 46 heavy (non-hydrogen) atoms. The molecular formula is C36H41N3O6S. The number of aryl methyl sites for hydroxylation is 2. The van der Waals surface area contributed by atoms with Gasteiger partial charge in [0, 0.05) is 25.6 Å². The number of rotatable bonds is 14. The first kappa shape index (κ1) is 34.1. The van der Waals surface area contributed by atoms with Gasteiger partial charge in [0.15, 0.2) is 0 Å². The summed E-state index contributed by atoms with van der Waals surface area (Å²) in [5.41, 5.74) is 3.72. The molecule has 2 amide bonds. The van der Waals surface area contributed by atoms with Gasteiger partial charge >= 0.3 is 0 Å². The fraction of sp³-hybridized carbons (Fsp3) is 0.278. The van der Waals surface area contributed by atoms with Crippen LogP contribution in [0.1, 0.15) is 29.2 Å². The summed E-state index contributed by atoms with van der Waals surface area (Å²) in [6.07, 6.45) is 0.234. The molecule has 0 fully saturated rings. The zero-order valence-corrected chi connectivity index (χ0v) is 27.7. The van der Waals surface area contributed by atoms with Gasteiger partial charge in [-0.3, -0.25) is 13.9 Å². The van der Waals surface area contributed by atoms with Gasteiger partial charge in [-0.15, -0.1) is 0 Å². The molecule has 242 valence electrons. The summed E-state index contributed by atoms with van der Waals surface area (Å²) in [6.45, 7) is 5.49. The minimum atomic E-state index is -4.30. The summed E-state index contributed by atoms with van der Waals surface area (Å²) in [7, 11) is -1.40. The lowest BCUT2D eigenvalue weighted by molar-refractivity contribution is -0.140. The topological polar surface area (TPSA) is 105 Å². The van der Waals surface area contributed by atoms with Crippen molar-refractivity contribution in [2.75, 3.05) is 31.6 Å². The van der Waals surface area contributed by atoms with Crippen LogP contribution in [-0.2, 0) is 32.6 Å². The number of benzene rings is 4. The van der Waals surface area contributed by atoms with Gasteiger partial charge in [-0.1, -0.05) is 77.9 Å². The smallest absolute Gasteiger partial charge is 0.264 e. The predicted octanol–water partition coefficient (Wildman–Crippen LogP) is 5.29. The molecule has 0 aliphatic carbocycles. The van der Waals surface area contributed by atoms with Crippen LogP contribution in [0, 0.1) is 13.8 Å². The zero-order chi connectivity index (χ0) is 33.3. The van der Waals surface area contributed by atoms with Crippen molar-refractivity contribution in [1.29, 1.82) is 0 Å². The van der Waals surface area contributed by atoms with Gasteiger partial charge in [0.05, 0.1) is 24.8 Å². The largest absolute Gasteiger partial charge is 0.497 e. The fourth-order valence-corrected chi connectivity index (χ4v) is 6.50. The van der Waals surface area contributed by atoms with Gasteiger partial charge in [-0.2, -0.15) is 0 Å². The van der Waals surface area contributed by atoms with Gasteiger partial charge in [-0.05, 0) is 56.2 Å². The van der Waals surface area contributed by atoms with E-state index in [1.165, 1.54) is 37.3 Å². The molecule has 1 N–H and O–H groups in total. The average Bonchev–Trinajstić information content (AvgIpc) is 3.06. The Balaban J connectivity index is 1.85. The Kier molecular flexibility index (Phi) is 11.4. The lowest BCUT2D eigenvalue weighted by Crippen LogP contribution is -2.53. The van der Waals surface area contributed by atoms with Crippen LogP contribution < -0.4 is 19.1 Å². The Morgan fingerprint density at radius 1 is 0.804 bits per heavy atom. The van der Waals surface area contributed by atoms with E-state index in [1.54, 1.807) is 24.3 Å². The van der Waals surface area contributed by atoms with Crippen LogP contribution in [0.3, 0.4) is 0 Å². The normalized spacial score (nSPS) is 11.8. The Hall–Kier alpha value is -4.83. The second-order valence-electron chi connectivity index (χ2n) is 11.0. The molecular weight excluding hydrogens is 602 g/mol. The Morgan fingerprint density at radius 3 is 2.02 bits per heavy atom. The fourth-order valence-electron chi connectivity index (χ4n) is 5.08. The number of carbonyl (C=O) groups excluding carboxylic acids is 2. The van der Waals surface area contributed by atoms with Crippen molar-refractivity contribution in [2.45, 2.75) is 44.7 Å². The molecule has 4 aromatic rings. The molecule has 0 saturated heterocycles. The zero-order valence-electron chi connectivity index (χ0n) is 26.9.